The summed E-state index contributed by atoms with van der Waals surface area (Å²) in [6.45, 7) is 6.37. The van der Waals surface area contributed by atoms with Crippen molar-refractivity contribution in [2.75, 3.05) is 7.05 Å². The predicted molar refractivity (Wildman–Crippen MR) is 71.9 cm³/mol. The summed E-state index contributed by atoms with van der Waals surface area (Å²) in [6, 6.07) is 6.25. The number of aliphatic imine (C=N–C) groups is 1. The summed E-state index contributed by atoms with van der Waals surface area (Å²) in [5.74, 6) is 0. The molecule has 0 spiro atoms. The zero-order chi connectivity index (χ0) is 12.1. The van der Waals surface area contributed by atoms with Gasteiger partial charge in [-0.3, -0.25) is 0 Å². The van der Waals surface area contributed by atoms with Crippen molar-refractivity contribution in [3.63, 3.8) is 0 Å². The lowest BCUT2D eigenvalue weighted by molar-refractivity contribution is 0.391. The van der Waals surface area contributed by atoms with Gasteiger partial charge in [0, 0.05) is 18.1 Å². The topological polar surface area (TPSA) is 15.6 Å². The van der Waals surface area contributed by atoms with Crippen molar-refractivity contribution in [1.82, 2.24) is 4.90 Å². The van der Waals surface area contributed by atoms with Crippen LogP contribution in [0, 0.1) is 6.92 Å². The molecule has 0 fully saturated rings. The fourth-order valence-corrected chi connectivity index (χ4v) is 1.55. The summed E-state index contributed by atoms with van der Waals surface area (Å²) < 4.78 is 0. The van der Waals surface area contributed by atoms with Gasteiger partial charge in [0.25, 0.3) is 0 Å². The molecule has 0 aliphatic rings. The van der Waals surface area contributed by atoms with Gasteiger partial charge in [0.05, 0.1) is 12.0 Å². The lowest BCUT2D eigenvalue weighted by Gasteiger charge is -2.20. The summed E-state index contributed by atoms with van der Waals surface area (Å²) >= 11 is 5.89. The smallest absolute Gasteiger partial charge is 0.0912 e. The van der Waals surface area contributed by atoms with Crippen molar-refractivity contribution in [2.24, 2.45) is 4.99 Å². The van der Waals surface area contributed by atoms with Gasteiger partial charge in [0.2, 0.25) is 0 Å². The minimum atomic E-state index is 0.511. The summed E-state index contributed by atoms with van der Waals surface area (Å²) in [7, 11) is 2.04. The molecule has 0 amide bonds. The Labute approximate surface area is 103 Å². The standard InChI is InChI=1S/C13H19ClN2/c1-5-11(3)16(4)9-15-13-7-6-12(14)8-10(13)2/h6-9,11H,5H2,1-4H3. The molecule has 0 saturated heterocycles. The van der Waals surface area contributed by atoms with E-state index in [9.17, 15) is 0 Å². The Morgan fingerprint density at radius 1 is 1.50 bits per heavy atom. The van der Waals surface area contributed by atoms with E-state index < -0.39 is 0 Å². The summed E-state index contributed by atoms with van der Waals surface area (Å²) in [4.78, 5) is 6.58. The average molecular weight is 239 g/mol. The number of halogens is 1. The number of aryl methyl sites for hydroxylation is 1. The van der Waals surface area contributed by atoms with E-state index >= 15 is 0 Å². The van der Waals surface area contributed by atoms with Crippen LogP contribution in [0.2, 0.25) is 5.02 Å². The lowest BCUT2D eigenvalue weighted by atomic mass is 10.2. The Bertz CT molecular complexity index is 374. The Kier molecular flexibility index (Phi) is 4.81. The molecule has 2 nitrogen and oxygen atoms in total. The number of hydrogen-bond donors (Lipinski definition) is 0. The van der Waals surface area contributed by atoms with E-state index in [2.05, 4.69) is 23.7 Å². The average Bonchev–Trinajstić information content (AvgIpc) is 2.26. The molecule has 0 bridgehead atoms. The van der Waals surface area contributed by atoms with Crippen LogP contribution < -0.4 is 0 Å². The maximum absolute atomic E-state index is 5.89. The van der Waals surface area contributed by atoms with Gasteiger partial charge in [0.15, 0.2) is 0 Å². The van der Waals surface area contributed by atoms with Crippen molar-refractivity contribution in [3.8, 4) is 0 Å². The highest BCUT2D eigenvalue weighted by Gasteiger charge is 2.02. The Morgan fingerprint density at radius 2 is 2.19 bits per heavy atom. The van der Waals surface area contributed by atoms with Crippen LogP contribution in [0.25, 0.3) is 0 Å². The van der Waals surface area contributed by atoms with Crippen LogP contribution >= 0.6 is 11.6 Å². The van der Waals surface area contributed by atoms with Crippen LogP contribution in [0.3, 0.4) is 0 Å². The molecular formula is C13H19ClN2. The molecule has 1 aromatic rings. The monoisotopic (exact) mass is 238 g/mol. The third-order valence-electron chi connectivity index (χ3n) is 2.82. The van der Waals surface area contributed by atoms with Crippen LogP contribution in [-0.2, 0) is 0 Å². The summed E-state index contributed by atoms with van der Waals surface area (Å²) in [5, 5.41) is 0.756. The van der Waals surface area contributed by atoms with Crippen LogP contribution in [0.5, 0.6) is 0 Å². The molecule has 0 N–H and O–H groups in total. The summed E-state index contributed by atoms with van der Waals surface area (Å²) in [6.07, 6.45) is 2.99. The molecule has 0 radical (unpaired) electrons. The zero-order valence-corrected chi connectivity index (χ0v) is 11.1. The van der Waals surface area contributed by atoms with E-state index in [-0.39, 0.29) is 0 Å². The molecule has 1 rings (SSSR count). The van der Waals surface area contributed by atoms with E-state index in [0.717, 1.165) is 22.7 Å². The fourth-order valence-electron chi connectivity index (χ4n) is 1.32. The second kappa shape index (κ2) is 5.90. The fraction of sp³-hybridized carbons (Fsp3) is 0.462. The third-order valence-corrected chi connectivity index (χ3v) is 3.06. The summed E-state index contributed by atoms with van der Waals surface area (Å²) in [5.41, 5.74) is 2.07. The van der Waals surface area contributed by atoms with Crippen molar-refractivity contribution >= 4 is 23.6 Å². The molecule has 88 valence electrons. The largest absolute Gasteiger partial charge is 0.363 e. The number of hydrogen-bond acceptors (Lipinski definition) is 1. The highest BCUT2D eigenvalue weighted by molar-refractivity contribution is 6.30. The first-order valence-electron chi connectivity index (χ1n) is 5.57. The highest BCUT2D eigenvalue weighted by Crippen LogP contribution is 2.21. The number of nitrogens with zero attached hydrogens (tertiary/aromatic N) is 2. The third kappa shape index (κ3) is 3.53. The van der Waals surface area contributed by atoms with Gasteiger partial charge in [-0.15, -0.1) is 0 Å². The number of benzene rings is 1. The molecule has 0 heterocycles. The van der Waals surface area contributed by atoms with Gasteiger partial charge < -0.3 is 4.90 Å². The second-order valence-corrected chi connectivity index (χ2v) is 4.53. The van der Waals surface area contributed by atoms with E-state index in [1.54, 1.807) is 0 Å². The minimum absolute atomic E-state index is 0.511. The van der Waals surface area contributed by atoms with Gasteiger partial charge in [0.1, 0.15) is 0 Å². The molecule has 0 aromatic heterocycles. The molecule has 1 unspecified atom stereocenters. The lowest BCUT2D eigenvalue weighted by Crippen LogP contribution is -2.26. The molecule has 0 saturated carbocycles. The maximum atomic E-state index is 5.89. The van der Waals surface area contributed by atoms with Crippen LogP contribution in [0.4, 0.5) is 5.69 Å². The second-order valence-electron chi connectivity index (χ2n) is 4.10. The normalized spacial score (nSPS) is 13.1. The minimum Gasteiger partial charge on any atom is -0.363 e. The molecule has 16 heavy (non-hydrogen) atoms. The van der Waals surface area contributed by atoms with Crippen molar-refractivity contribution in [2.45, 2.75) is 33.2 Å². The first-order valence-corrected chi connectivity index (χ1v) is 5.94. The molecule has 3 heteroatoms. The van der Waals surface area contributed by atoms with Gasteiger partial charge >= 0.3 is 0 Å². The first-order chi connectivity index (χ1) is 7.54. The SMILES string of the molecule is CCC(C)N(C)C=Nc1ccc(Cl)cc1C. The maximum Gasteiger partial charge on any atom is 0.0912 e. The molecule has 1 atom stereocenters. The molecule has 1 aromatic carbocycles. The predicted octanol–water partition coefficient (Wildman–Crippen LogP) is 4.04. The Balaban J connectivity index is 2.76. The number of rotatable bonds is 4. The molecule has 0 aliphatic heterocycles. The van der Waals surface area contributed by atoms with Gasteiger partial charge in [-0.05, 0) is 44.0 Å². The van der Waals surface area contributed by atoms with E-state index in [0.29, 0.717) is 6.04 Å². The van der Waals surface area contributed by atoms with Crippen LogP contribution in [0.1, 0.15) is 25.8 Å². The van der Waals surface area contributed by atoms with Crippen LogP contribution in [0.15, 0.2) is 23.2 Å². The van der Waals surface area contributed by atoms with Gasteiger partial charge in [-0.25, -0.2) is 4.99 Å². The quantitative estimate of drug-likeness (QED) is 0.571. The zero-order valence-electron chi connectivity index (χ0n) is 10.4. The Hall–Kier alpha value is -1.02. The van der Waals surface area contributed by atoms with Gasteiger partial charge in [-0.1, -0.05) is 18.5 Å². The van der Waals surface area contributed by atoms with E-state index in [1.807, 2.05) is 38.5 Å². The van der Waals surface area contributed by atoms with Gasteiger partial charge in [-0.2, -0.15) is 0 Å². The highest BCUT2D eigenvalue weighted by atomic mass is 35.5. The van der Waals surface area contributed by atoms with Crippen molar-refractivity contribution in [1.29, 1.82) is 0 Å². The first kappa shape index (κ1) is 13.0. The van der Waals surface area contributed by atoms with E-state index in [1.165, 1.54) is 0 Å². The Morgan fingerprint density at radius 3 is 2.75 bits per heavy atom. The molecule has 0 aliphatic carbocycles. The van der Waals surface area contributed by atoms with Crippen LogP contribution in [-0.4, -0.2) is 24.3 Å². The van der Waals surface area contributed by atoms with E-state index in [4.69, 9.17) is 11.6 Å². The molecular weight excluding hydrogens is 220 g/mol. The van der Waals surface area contributed by atoms with Crippen molar-refractivity contribution in [3.05, 3.63) is 28.8 Å². The van der Waals surface area contributed by atoms with Crippen molar-refractivity contribution < 1.29 is 0 Å².